The van der Waals surface area contributed by atoms with Crippen LogP contribution in [0.4, 0.5) is 0 Å². The van der Waals surface area contributed by atoms with Gasteiger partial charge in [-0.3, -0.25) is 0 Å². The molecule has 1 aliphatic rings. The molecule has 0 bridgehead atoms. The summed E-state index contributed by atoms with van der Waals surface area (Å²) < 4.78 is 11.0. The Bertz CT molecular complexity index is 1000. The van der Waals surface area contributed by atoms with E-state index in [9.17, 15) is 9.90 Å². The van der Waals surface area contributed by atoms with Crippen LogP contribution < -0.4 is 10.4 Å². The lowest BCUT2D eigenvalue weighted by molar-refractivity contribution is 0.380. The highest BCUT2D eigenvalue weighted by Crippen LogP contribution is 2.49. The Morgan fingerprint density at radius 2 is 2.00 bits per heavy atom. The van der Waals surface area contributed by atoms with Crippen LogP contribution in [0.5, 0.6) is 11.5 Å². The summed E-state index contributed by atoms with van der Waals surface area (Å²) in [4.78, 5) is 14.1. The van der Waals surface area contributed by atoms with Crippen molar-refractivity contribution in [2.75, 3.05) is 7.11 Å². The second kappa shape index (κ2) is 8.46. The zero-order chi connectivity index (χ0) is 20.4. The van der Waals surface area contributed by atoms with Crippen LogP contribution in [-0.2, 0) is 6.42 Å². The molecule has 29 heavy (non-hydrogen) atoms. The number of hydrogen-bond donors (Lipinski definition) is 1. The van der Waals surface area contributed by atoms with E-state index in [-0.39, 0.29) is 17.6 Å². The molecule has 152 valence electrons. The minimum Gasteiger partial charge on any atom is -0.507 e. The lowest BCUT2D eigenvalue weighted by Gasteiger charge is -2.18. The maximum Gasteiger partial charge on any atom is 0.343 e. The summed E-state index contributed by atoms with van der Waals surface area (Å²) in [5.74, 6) is 1.80. The molecule has 0 spiro atoms. The Hall–Kier alpha value is -2.53. The zero-order valence-electron chi connectivity index (χ0n) is 16.8. The van der Waals surface area contributed by atoms with Gasteiger partial charge in [-0.1, -0.05) is 25.1 Å². The van der Waals surface area contributed by atoms with Gasteiger partial charge in [0.2, 0.25) is 0 Å². The molecule has 3 aromatic rings. The lowest BCUT2D eigenvalue weighted by atomic mass is 9.90. The van der Waals surface area contributed by atoms with Crippen molar-refractivity contribution < 1.29 is 14.3 Å². The number of hydrogen-bond acceptors (Lipinski definition) is 5. The molecule has 2 unspecified atom stereocenters. The fourth-order valence-corrected chi connectivity index (χ4v) is 4.92. The summed E-state index contributed by atoms with van der Waals surface area (Å²) in [5, 5.41) is 12.8. The molecule has 0 amide bonds. The van der Waals surface area contributed by atoms with Crippen LogP contribution in [0.25, 0.3) is 0 Å². The fourth-order valence-electron chi connectivity index (χ4n) is 4.00. The van der Waals surface area contributed by atoms with Crippen LogP contribution >= 0.6 is 11.3 Å². The van der Waals surface area contributed by atoms with Gasteiger partial charge in [0.15, 0.2) is 0 Å². The third-order valence-corrected chi connectivity index (χ3v) is 6.73. The summed E-state index contributed by atoms with van der Waals surface area (Å²) in [5.41, 5.74) is 1.15. The van der Waals surface area contributed by atoms with E-state index in [2.05, 4.69) is 6.92 Å². The first-order valence-electron chi connectivity index (χ1n) is 10.1. The third kappa shape index (κ3) is 4.25. The Morgan fingerprint density at radius 3 is 2.55 bits per heavy atom. The van der Waals surface area contributed by atoms with Crippen molar-refractivity contribution >= 4 is 11.3 Å². The molecule has 0 aliphatic heterocycles. The molecule has 2 heterocycles. The van der Waals surface area contributed by atoms with Crippen LogP contribution in [-0.4, -0.2) is 12.2 Å². The van der Waals surface area contributed by atoms with Crippen molar-refractivity contribution in [2.24, 2.45) is 5.92 Å². The number of benzene rings is 1. The molecule has 4 rings (SSSR count). The lowest BCUT2D eigenvalue weighted by Crippen LogP contribution is -2.17. The second-order valence-electron chi connectivity index (χ2n) is 7.72. The summed E-state index contributed by atoms with van der Waals surface area (Å²) in [7, 11) is 1.65. The van der Waals surface area contributed by atoms with Gasteiger partial charge in [0.05, 0.1) is 12.7 Å². The molecule has 5 heteroatoms. The topological polar surface area (TPSA) is 59.7 Å². The minimum atomic E-state index is -0.404. The standard InChI is InChI=1S/C24H26O4S/c1-3-16(13-15-6-10-18(27-2)11-7-15)20-14-19(25)23(24(26)28-20)22(17-8-9-17)21-5-4-12-29-21/h4-7,10-12,14,16-17,22,25H,3,8-9,13H2,1-2H3. The van der Waals surface area contributed by atoms with Gasteiger partial charge in [0, 0.05) is 22.8 Å². The van der Waals surface area contributed by atoms with Crippen molar-refractivity contribution in [2.45, 2.75) is 44.4 Å². The van der Waals surface area contributed by atoms with Gasteiger partial charge in [0.1, 0.15) is 17.3 Å². The highest BCUT2D eigenvalue weighted by Gasteiger charge is 2.38. The molecule has 1 fully saturated rings. The van der Waals surface area contributed by atoms with Crippen LogP contribution in [0.1, 0.15) is 59.8 Å². The molecule has 4 nitrogen and oxygen atoms in total. The molecule has 1 saturated carbocycles. The van der Waals surface area contributed by atoms with Crippen molar-refractivity contribution in [1.82, 2.24) is 0 Å². The van der Waals surface area contributed by atoms with Gasteiger partial charge < -0.3 is 14.3 Å². The van der Waals surface area contributed by atoms with Crippen LogP contribution in [0.15, 0.2) is 57.1 Å². The van der Waals surface area contributed by atoms with Crippen molar-refractivity contribution in [3.05, 3.63) is 80.0 Å². The van der Waals surface area contributed by atoms with Crippen LogP contribution in [0.3, 0.4) is 0 Å². The van der Waals surface area contributed by atoms with Crippen molar-refractivity contribution in [3.63, 3.8) is 0 Å². The van der Waals surface area contributed by atoms with E-state index in [0.717, 1.165) is 41.9 Å². The van der Waals surface area contributed by atoms with Crippen molar-refractivity contribution in [1.29, 1.82) is 0 Å². The number of aromatic hydroxyl groups is 1. The molecule has 1 N–H and O–H groups in total. The molecule has 2 aromatic heterocycles. The summed E-state index contributed by atoms with van der Waals surface area (Å²) >= 11 is 1.63. The number of thiophene rings is 1. The minimum absolute atomic E-state index is 0.0251. The summed E-state index contributed by atoms with van der Waals surface area (Å²) in [6.07, 6.45) is 3.71. The Balaban J connectivity index is 1.63. The van der Waals surface area contributed by atoms with Crippen LogP contribution in [0, 0.1) is 5.92 Å². The van der Waals surface area contributed by atoms with Crippen LogP contribution in [0.2, 0.25) is 0 Å². The van der Waals surface area contributed by atoms with E-state index < -0.39 is 5.63 Å². The SMILES string of the molecule is CCC(Cc1ccc(OC)cc1)c1cc(O)c(C(c2cccs2)C2CC2)c(=O)o1. The smallest absolute Gasteiger partial charge is 0.343 e. The summed E-state index contributed by atoms with van der Waals surface area (Å²) in [6.45, 7) is 2.07. The zero-order valence-corrected chi connectivity index (χ0v) is 17.6. The predicted molar refractivity (Wildman–Crippen MR) is 115 cm³/mol. The first kappa shape index (κ1) is 19.8. The van der Waals surface area contributed by atoms with Crippen molar-refractivity contribution in [3.8, 4) is 11.5 Å². The average molecular weight is 411 g/mol. The molecular weight excluding hydrogens is 384 g/mol. The van der Waals surface area contributed by atoms with Gasteiger partial charge in [-0.05, 0) is 60.7 Å². The highest BCUT2D eigenvalue weighted by atomic mass is 32.1. The van der Waals surface area contributed by atoms with Gasteiger partial charge in [0.25, 0.3) is 0 Å². The first-order valence-corrected chi connectivity index (χ1v) is 11.0. The van der Waals surface area contributed by atoms with Gasteiger partial charge >= 0.3 is 5.63 Å². The molecular formula is C24H26O4S. The molecule has 2 atom stereocenters. The van der Waals surface area contributed by atoms with Gasteiger partial charge in [-0.25, -0.2) is 4.79 Å². The molecule has 0 saturated heterocycles. The first-order chi connectivity index (χ1) is 14.1. The number of rotatable bonds is 8. The monoisotopic (exact) mass is 410 g/mol. The number of ether oxygens (including phenoxy) is 1. The van der Waals surface area contributed by atoms with E-state index in [0.29, 0.717) is 17.2 Å². The predicted octanol–water partition coefficient (Wildman–Crippen LogP) is 5.69. The highest BCUT2D eigenvalue weighted by molar-refractivity contribution is 7.10. The van der Waals surface area contributed by atoms with Gasteiger partial charge in [-0.2, -0.15) is 0 Å². The van der Waals surface area contributed by atoms with E-state index >= 15 is 0 Å². The molecule has 0 radical (unpaired) electrons. The van der Waals surface area contributed by atoms with E-state index in [1.54, 1.807) is 24.5 Å². The number of methoxy groups -OCH3 is 1. The second-order valence-corrected chi connectivity index (χ2v) is 8.70. The molecule has 1 aromatic carbocycles. The summed E-state index contributed by atoms with van der Waals surface area (Å²) in [6, 6.07) is 13.6. The fraction of sp³-hybridized carbons (Fsp3) is 0.375. The maximum atomic E-state index is 12.9. The quantitative estimate of drug-likeness (QED) is 0.518. The van der Waals surface area contributed by atoms with E-state index in [1.807, 2.05) is 41.8 Å². The maximum absolute atomic E-state index is 12.9. The Kier molecular flexibility index (Phi) is 5.76. The van der Waals surface area contributed by atoms with E-state index in [1.165, 1.54) is 0 Å². The van der Waals surface area contributed by atoms with Gasteiger partial charge in [-0.15, -0.1) is 11.3 Å². The molecule has 1 aliphatic carbocycles. The Morgan fingerprint density at radius 1 is 1.24 bits per heavy atom. The Labute approximate surface area is 174 Å². The largest absolute Gasteiger partial charge is 0.507 e. The average Bonchev–Trinajstić information content (AvgIpc) is 3.42. The third-order valence-electron chi connectivity index (χ3n) is 5.78. The van der Waals surface area contributed by atoms with E-state index in [4.69, 9.17) is 9.15 Å². The normalized spacial score (nSPS) is 15.8.